The summed E-state index contributed by atoms with van der Waals surface area (Å²) in [5, 5.41) is 104. The van der Waals surface area contributed by atoms with E-state index in [1.54, 1.807) is 0 Å². The second-order valence-electron chi connectivity index (χ2n) is 14.5. The summed E-state index contributed by atoms with van der Waals surface area (Å²) in [5.74, 6) is 0. The van der Waals surface area contributed by atoms with E-state index >= 15 is 0 Å². The molecule has 52 heavy (non-hydrogen) atoms. The maximum absolute atomic E-state index is 11.1. The van der Waals surface area contributed by atoms with Crippen molar-refractivity contribution in [3.63, 3.8) is 0 Å². The average molecular weight is 757 g/mol. The van der Waals surface area contributed by atoms with E-state index in [1.165, 1.54) is 77.0 Å². The lowest BCUT2D eigenvalue weighted by atomic mass is 9.96. The van der Waals surface area contributed by atoms with Crippen molar-refractivity contribution in [1.29, 1.82) is 0 Å². The largest absolute Gasteiger partial charge is 0.394 e. The first-order chi connectivity index (χ1) is 25.1. The van der Waals surface area contributed by atoms with Gasteiger partial charge in [-0.05, 0) is 6.42 Å². The lowest BCUT2D eigenvalue weighted by Crippen LogP contribution is -2.67. The molecule has 3 heterocycles. The van der Waals surface area contributed by atoms with E-state index in [0.717, 1.165) is 19.3 Å². The molecule has 0 aliphatic carbocycles. The Morgan fingerprint density at radius 2 is 0.731 bits per heavy atom. The number of hydrogen-bond acceptors (Lipinski definition) is 16. The minimum Gasteiger partial charge on any atom is -0.394 e. The van der Waals surface area contributed by atoms with Crippen LogP contribution in [0.1, 0.15) is 110 Å². The fourth-order valence-corrected chi connectivity index (χ4v) is 7.02. The predicted molar refractivity (Wildman–Crippen MR) is 185 cm³/mol. The second-order valence-corrected chi connectivity index (χ2v) is 14.5. The van der Waals surface area contributed by atoms with E-state index in [0.29, 0.717) is 6.42 Å². The highest BCUT2D eigenvalue weighted by atomic mass is 16.8. The van der Waals surface area contributed by atoms with Crippen LogP contribution in [0.5, 0.6) is 0 Å². The molecule has 3 fully saturated rings. The van der Waals surface area contributed by atoms with Crippen molar-refractivity contribution in [3.05, 3.63) is 0 Å². The molecule has 3 saturated heterocycles. The van der Waals surface area contributed by atoms with E-state index in [1.807, 2.05) is 0 Å². The zero-order valence-electron chi connectivity index (χ0n) is 30.7. The Balaban J connectivity index is 1.43. The standard InChI is InChI=1S/C36H68O16/c1-2-3-4-5-6-7-8-9-10-11-12-13-14-15-16-17-18-47-34-30(45)32(26(41)23(20-38)48-34)52-36-31(46)33(27(42)24(21-39)50-36)51-35-29(44)28(43)25(40)22(19-37)49-35/h22-46H,2-21H2,1H3/t22-,23-,24-,25-,26-,27-,28+,29-,30-,31-,32+,33+,34-,35+,36+/m1/s1. The highest BCUT2D eigenvalue weighted by Gasteiger charge is 2.53. The third kappa shape index (κ3) is 13.5. The molecule has 0 aromatic rings. The van der Waals surface area contributed by atoms with Crippen molar-refractivity contribution < 1.29 is 79.5 Å². The molecule has 0 bridgehead atoms. The summed E-state index contributed by atoms with van der Waals surface area (Å²) in [5.41, 5.74) is 0. The van der Waals surface area contributed by atoms with Gasteiger partial charge < -0.3 is 79.5 Å². The summed E-state index contributed by atoms with van der Waals surface area (Å²) in [4.78, 5) is 0. The maximum Gasteiger partial charge on any atom is 0.187 e. The van der Waals surface area contributed by atoms with Gasteiger partial charge in [0.05, 0.1) is 19.8 Å². The quantitative estimate of drug-likeness (QED) is 0.0537. The Morgan fingerprint density at radius 1 is 0.385 bits per heavy atom. The van der Waals surface area contributed by atoms with Gasteiger partial charge in [-0.1, -0.05) is 103 Å². The lowest BCUT2D eigenvalue weighted by Gasteiger charge is -2.48. The number of ether oxygens (including phenoxy) is 6. The SMILES string of the molecule is CCCCCCCCCCCCCCCCCCO[C@@H]1O[C@H](CO)[C@@H](O)[C@H](O[C@@H]2O[C@H](CO)[C@@H](O)[C@H](O[C@@H]3O[C@H](CO)[C@@H](O)[C@H](O)[C@H]3O)[C@H]2O)[C@H]1O. The van der Waals surface area contributed by atoms with Crippen molar-refractivity contribution >= 4 is 0 Å². The summed E-state index contributed by atoms with van der Waals surface area (Å²) in [6.45, 7) is 0.291. The Kier molecular flexibility index (Phi) is 21.8. The number of aliphatic hydroxyl groups excluding tert-OH is 10. The highest BCUT2D eigenvalue weighted by Crippen LogP contribution is 2.33. The zero-order chi connectivity index (χ0) is 38.0. The Hall–Kier alpha value is -0.640. The van der Waals surface area contributed by atoms with Gasteiger partial charge in [0.1, 0.15) is 73.2 Å². The molecule has 3 rings (SSSR count). The van der Waals surface area contributed by atoms with Gasteiger partial charge >= 0.3 is 0 Å². The molecule has 308 valence electrons. The molecule has 16 heteroatoms. The predicted octanol–water partition coefficient (Wildman–Crippen LogP) is -0.287. The number of hydrogen-bond donors (Lipinski definition) is 10. The van der Waals surface area contributed by atoms with Crippen molar-refractivity contribution in [3.8, 4) is 0 Å². The van der Waals surface area contributed by atoms with Crippen molar-refractivity contribution in [2.45, 2.75) is 202 Å². The van der Waals surface area contributed by atoms with Crippen LogP contribution in [0, 0.1) is 0 Å². The smallest absolute Gasteiger partial charge is 0.187 e. The summed E-state index contributed by atoms with van der Waals surface area (Å²) in [6.07, 6.45) is -4.68. The van der Waals surface area contributed by atoms with E-state index in [-0.39, 0.29) is 6.61 Å². The first-order valence-electron chi connectivity index (χ1n) is 19.6. The van der Waals surface area contributed by atoms with Crippen LogP contribution in [0.4, 0.5) is 0 Å². The van der Waals surface area contributed by atoms with Crippen molar-refractivity contribution in [1.82, 2.24) is 0 Å². The zero-order valence-corrected chi connectivity index (χ0v) is 30.7. The molecule has 10 N–H and O–H groups in total. The summed E-state index contributed by atoms with van der Waals surface area (Å²) >= 11 is 0. The van der Waals surface area contributed by atoms with E-state index < -0.39 is 112 Å². The van der Waals surface area contributed by atoms with Gasteiger partial charge in [-0.15, -0.1) is 0 Å². The van der Waals surface area contributed by atoms with Gasteiger partial charge in [0.2, 0.25) is 0 Å². The van der Waals surface area contributed by atoms with E-state index in [9.17, 15) is 51.1 Å². The summed E-state index contributed by atoms with van der Waals surface area (Å²) in [7, 11) is 0. The van der Waals surface area contributed by atoms with Gasteiger partial charge in [0.25, 0.3) is 0 Å². The molecule has 15 atom stereocenters. The van der Waals surface area contributed by atoms with Crippen LogP contribution in [-0.2, 0) is 28.4 Å². The topological polar surface area (TPSA) is 258 Å². The molecular formula is C36H68O16. The van der Waals surface area contributed by atoms with Crippen LogP contribution < -0.4 is 0 Å². The molecule has 0 saturated carbocycles. The number of unbranched alkanes of at least 4 members (excludes halogenated alkanes) is 15. The second kappa shape index (κ2) is 24.8. The van der Waals surface area contributed by atoms with Gasteiger partial charge in [0.15, 0.2) is 18.9 Å². The molecule has 0 amide bonds. The molecule has 0 radical (unpaired) electrons. The Morgan fingerprint density at radius 3 is 1.15 bits per heavy atom. The Labute approximate surface area is 307 Å². The van der Waals surface area contributed by atoms with Crippen LogP contribution >= 0.6 is 0 Å². The third-order valence-corrected chi connectivity index (χ3v) is 10.4. The van der Waals surface area contributed by atoms with Crippen LogP contribution in [0.2, 0.25) is 0 Å². The Bertz CT molecular complexity index is 918. The first-order valence-corrected chi connectivity index (χ1v) is 19.6. The average Bonchev–Trinajstić information content (AvgIpc) is 3.14. The molecule has 3 aliphatic rings. The maximum atomic E-state index is 11.1. The molecule has 0 aromatic heterocycles. The highest BCUT2D eigenvalue weighted by molar-refractivity contribution is 4.96. The fraction of sp³-hybridized carbons (Fsp3) is 1.00. The van der Waals surface area contributed by atoms with Gasteiger partial charge in [0, 0.05) is 6.61 Å². The molecule has 3 aliphatic heterocycles. The monoisotopic (exact) mass is 756 g/mol. The van der Waals surface area contributed by atoms with Crippen LogP contribution in [0.15, 0.2) is 0 Å². The van der Waals surface area contributed by atoms with E-state index in [4.69, 9.17) is 28.4 Å². The van der Waals surface area contributed by atoms with Crippen LogP contribution in [0.3, 0.4) is 0 Å². The normalized spacial score (nSPS) is 38.5. The van der Waals surface area contributed by atoms with Crippen LogP contribution in [0.25, 0.3) is 0 Å². The first kappa shape index (κ1) is 45.7. The van der Waals surface area contributed by atoms with Gasteiger partial charge in [-0.25, -0.2) is 0 Å². The molecule has 0 spiro atoms. The van der Waals surface area contributed by atoms with E-state index in [2.05, 4.69) is 6.92 Å². The summed E-state index contributed by atoms with van der Waals surface area (Å²) in [6, 6.07) is 0. The summed E-state index contributed by atoms with van der Waals surface area (Å²) < 4.78 is 33.6. The number of aliphatic hydroxyl groups is 10. The fourth-order valence-electron chi connectivity index (χ4n) is 7.02. The van der Waals surface area contributed by atoms with Gasteiger partial charge in [-0.2, -0.15) is 0 Å². The molecular weight excluding hydrogens is 688 g/mol. The minimum absolute atomic E-state index is 0.234. The van der Waals surface area contributed by atoms with Crippen molar-refractivity contribution in [2.24, 2.45) is 0 Å². The molecule has 0 unspecified atom stereocenters. The van der Waals surface area contributed by atoms with Crippen molar-refractivity contribution in [2.75, 3.05) is 26.4 Å². The van der Waals surface area contributed by atoms with Crippen LogP contribution in [-0.4, -0.2) is 170 Å². The number of rotatable bonds is 25. The van der Waals surface area contributed by atoms with Gasteiger partial charge in [-0.3, -0.25) is 0 Å². The third-order valence-electron chi connectivity index (χ3n) is 10.4. The minimum atomic E-state index is -1.88. The molecule has 0 aromatic carbocycles. The molecule has 16 nitrogen and oxygen atoms in total. The lowest BCUT2D eigenvalue weighted by molar-refractivity contribution is -0.381.